The van der Waals surface area contributed by atoms with E-state index < -0.39 is 11.6 Å². The summed E-state index contributed by atoms with van der Waals surface area (Å²) in [6, 6.07) is 6.74. The Morgan fingerprint density at radius 3 is 2.53 bits per heavy atom. The van der Waals surface area contributed by atoms with E-state index in [2.05, 4.69) is 31.3 Å². The predicted octanol–water partition coefficient (Wildman–Crippen LogP) is 6.12. The molecule has 0 amide bonds. The van der Waals surface area contributed by atoms with Crippen LogP contribution in [0.5, 0.6) is 0 Å². The molecule has 9 heteroatoms. The summed E-state index contributed by atoms with van der Waals surface area (Å²) in [5.74, 6) is 0.160. The standard InChI is InChI=1S/C27H28F2N6O/c1-15(2)35-16(3)32-26-21(28)11-19(12-23(26)35)25-22(29)14-31-27(34-25)33-24-9-6-18(13-30-24)10-17-4-7-20(36)8-5-17/h6,9-15,20,36H,4-5,7-8H2,1-3H3,(H,30,31,33,34). The number of anilines is 2. The van der Waals surface area contributed by atoms with Crippen LogP contribution in [0.4, 0.5) is 20.5 Å². The Hall–Kier alpha value is -3.72. The van der Waals surface area contributed by atoms with Crippen LogP contribution in [-0.2, 0) is 0 Å². The van der Waals surface area contributed by atoms with Crippen molar-refractivity contribution in [3.8, 4) is 11.3 Å². The number of rotatable bonds is 5. The molecule has 2 N–H and O–H groups in total. The van der Waals surface area contributed by atoms with Crippen molar-refractivity contribution in [3.63, 3.8) is 0 Å². The van der Waals surface area contributed by atoms with Crippen LogP contribution in [0.15, 0.2) is 42.2 Å². The largest absolute Gasteiger partial charge is 0.393 e. The minimum Gasteiger partial charge on any atom is -0.393 e. The number of aliphatic hydroxyl groups is 1. The number of fused-ring (bicyclic) bond motifs is 1. The quantitative estimate of drug-likeness (QED) is 0.351. The number of nitrogens with one attached hydrogen (secondary N) is 1. The second-order valence-corrected chi connectivity index (χ2v) is 9.47. The van der Waals surface area contributed by atoms with Crippen LogP contribution >= 0.6 is 0 Å². The summed E-state index contributed by atoms with van der Waals surface area (Å²) in [5, 5.41) is 12.7. The van der Waals surface area contributed by atoms with E-state index in [1.807, 2.05) is 31.4 Å². The fourth-order valence-corrected chi connectivity index (χ4v) is 4.72. The Morgan fingerprint density at radius 2 is 1.83 bits per heavy atom. The molecule has 1 fully saturated rings. The molecule has 3 heterocycles. The highest BCUT2D eigenvalue weighted by atomic mass is 19.1. The summed E-state index contributed by atoms with van der Waals surface area (Å²) in [6.45, 7) is 5.79. The summed E-state index contributed by atoms with van der Waals surface area (Å²) in [4.78, 5) is 17.1. The van der Waals surface area contributed by atoms with E-state index in [9.17, 15) is 13.9 Å². The number of aromatic nitrogens is 5. The highest BCUT2D eigenvalue weighted by Crippen LogP contribution is 2.30. The molecule has 3 aromatic heterocycles. The maximum Gasteiger partial charge on any atom is 0.229 e. The Morgan fingerprint density at radius 1 is 1.06 bits per heavy atom. The van der Waals surface area contributed by atoms with Crippen molar-refractivity contribution >= 4 is 28.9 Å². The van der Waals surface area contributed by atoms with E-state index in [4.69, 9.17) is 0 Å². The van der Waals surface area contributed by atoms with E-state index in [0.29, 0.717) is 22.7 Å². The fourth-order valence-electron chi connectivity index (χ4n) is 4.72. The van der Waals surface area contributed by atoms with Gasteiger partial charge in [0.05, 0.1) is 17.8 Å². The zero-order valence-electron chi connectivity index (χ0n) is 20.5. The van der Waals surface area contributed by atoms with E-state index in [-0.39, 0.29) is 29.3 Å². The number of nitrogens with zero attached hydrogens (tertiary/aromatic N) is 5. The highest BCUT2D eigenvalue weighted by molar-refractivity contribution is 5.83. The van der Waals surface area contributed by atoms with Gasteiger partial charge in [0, 0.05) is 17.8 Å². The maximum atomic E-state index is 14.9. The van der Waals surface area contributed by atoms with E-state index >= 15 is 0 Å². The van der Waals surface area contributed by atoms with Crippen molar-refractivity contribution in [2.45, 2.75) is 58.6 Å². The van der Waals surface area contributed by atoms with Crippen molar-refractivity contribution < 1.29 is 13.9 Å². The molecule has 0 aliphatic heterocycles. The van der Waals surface area contributed by atoms with Gasteiger partial charge >= 0.3 is 0 Å². The number of imidazole rings is 1. The Kier molecular flexibility index (Phi) is 6.49. The molecule has 0 radical (unpaired) electrons. The maximum absolute atomic E-state index is 14.9. The molecule has 1 saturated carbocycles. The molecule has 5 rings (SSSR count). The number of benzene rings is 1. The average Bonchev–Trinajstić information content (AvgIpc) is 3.19. The van der Waals surface area contributed by atoms with Crippen molar-refractivity contribution in [1.29, 1.82) is 0 Å². The van der Waals surface area contributed by atoms with Crippen LogP contribution in [0, 0.1) is 18.6 Å². The molecule has 36 heavy (non-hydrogen) atoms. The summed E-state index contributed by atoms with van der Waals surface area (Å²) < 4.78 is 31.6. The molecular formula is C27H28F2N6O. The van der Waals surface area contributed by atoms with Crippen LogP contribution in [-0.4, -0.2) is 35.7 Å². The SMILES string of the molecule is Cc1nc2c(F)cc(-c3nc(Nc4ccc(C=C5CCC(O)CC5)cn4)ncc3F)cc2n1C(C)C. The van der Waals surface area contributed by atoms with Crippen molar-refractivity contribution in [2.24, 2.45) is 0 Å². The van der Waals surface area contributed by atoms with Crippen LogP contribution in [0.3, 0.4) is 0 Å². The lowest BCUT2D eigenvalue weighted by Crippen LogP contribution is -2.12. The summed E-state index contributed by atoms with van der Waals surface area (Å²) in [6.07, 6.45) is 8.06. The van der Waals surface area contributed by atoms with Gasteiger partial charge in [0.1, 0.15) is 22.9 Å². The molecule has 1 aliphatic rings. The van der Waals surface area contributed by atoms with Crippen LogP contribution < -0.4 is 5.32 Å². The molecule has 0 spiro atoms. The molecule has 0 saturated heterocycles. The first-order valence-corrected chi connectivity index (χ1v) is 12.1. The number of hydrogen-bond acceptors (Lipinski definition) is 6. The van der Waals surface area contributed by atoms with Gasteiger partial charge in [0.15, 0.2) is 11.6 Å². The molecule has 4 aromatic rings. The van der Waals surface area contributed by atoms with Crippen LogP contribution in [0.25, 0.3) is 28.4 Å². The van der Waals surface area contributed by atoms with Gasteiger partial charge in [-0.25, -0.2) is 28.7 Å². The number of allylic oxidation sites excluding steroid dienone is 1. The minimum absolute atomic E-state index is 0.0108. The first-order valence-electron chi connectivity index (χ1n) is 12.1. The summed E-state index contributed by atoms with van der Waals surface area (Å²) >= 11 is 0. The van der Waals surface area contributed by atoms with E-state index in [0.717, 1.165) is 37.4 Å². The zero-order chi connectivity index (χ0) is 25.4. The third-order valence-electron chi connectivity index (χ3n) is 6.45. The predicted molar refractivity (Wildman–Crippen MR) is 136 cm³/mol. The first-order chi connectivity index (χ1) is 17.3. The molecule has 0 unspecified atom stereocenters. The molecule has 186 valence electrons. The van der Waals surface area contributed by atoms with Gasteiger partial charge in [-0.15, -0.1) is 0 Å². The summed E-state index contributed by atoms with van der Waals surface area (Å²) in [7, 11) is 0. The van der Waals surface area contributed by atoms with Crippen molar-refractivity contribution in [1.82, 2.24) is 24.5 Å². The third-order valence-corrected chi connectivity index (χ3v) is 6.45. The van der Waals surface area contributed by atoms with Gasteiger partial charge in [0.2, 0.25) is 5.95 Å². The van der Waals surface area contributed by atoms with Gasteiger partial charge in [-0.1, -0.05) is 11.6 Å². The molecule has 0 bridgehead atoms. The van der Waals surface area contributed by atoms with Crippen molar-refractivity contribution in [2.75, 3.05) is 5.32 Å². The Labute approximate surface area is 208 Å². The normalized spacial score (nSPS) is 16.1. The molecule has 7 nitrogen and oxygen atoms in total. The molecule has 0 atom stereocenters. The average molecular weight is 491 g/mol. The second-order valence-electron chi connectivity index (χ2n) is 9.47. The number of aryl methyl sites for hydroxylation is 1. The second kappa shape index (κ2) is 9.73. The third kappa shape index (κ3) is 4.83. The van der Waals surface area contributed by atoms with E-state index in [1.165, 1.54) is 11.6 Å². The molecule has 1 aliphatic carbocycles. The van der Waals surface area contributed by atoms with Gasteiger partial charge in [-0.3, -0.25) is 0 Å². The van der Waals surface area contributed by atoms with Crippen LogP contribution in [0.1, 0.15) is 57.0 Å². The van der Waals surface area contributed by atoms with Gasteiger partial charge in [0.25, 0.3) is 0 Å². The lowest BCUT2D eigenvalue weighted by atomic mass is 9.91. The minimum atomic E-state index is -0.654. The lowest BCUT2D eigenvalue weighted by Gasteiger charge is -2.19. The van der Waals surface area contributed by atoms with Gasteiger partial charge in [-0.2, -0.15) is 0 Å². The molecular weight excluding hydrogens is 462 g/mol. The number of aliphatic hydroxyl groups excluding tert-OH is 1. The summed E-state index contributed by atoms with van der Waals surface area (Å²) in [5.41, 5.74) is 3.40. The Bertz CT molecular complexity index is 1440. The Balaban J connectivity index is 1.41. The van der Waals surface area contributed by atoms with Crippen LogP contribution in [0.2, 0.25) is 0 Å². The monoisotopic (exact) mass is 490 g/mol. The topological polar surface area (TPSA) is 88.8 Å². The lowest BCUT2D eigenvalue weighted by molar-refractivity contribution is 0.144. The van der Waals surface area contributed by atoms with Gasteiger partial charge < -0.3 is 15.0 Å². The first kappa shape index (κ1) is 24.0. The van der Waals surface area contributed by atoms with Gasteiger partial charge in [-0.05, 0) is 76.3 Å². The van der Waals surface area contributed by atoms with Crippen molar-refractivity contribution in [3.05, 3.63) is 65.3 Å². The smallest absolute Gasteiger partial charge is 0.229 e. The zero-order valence-corrected chi connectivity index (χ0v) is 20.5. The number of halogens is 2. The fraction of sp³-hybridized carbons (Fsp3) is 0.333. The molecule has 1 aromatic carbocycles. The number of hydrogen-bond donors (Lipinski definition) is 2. The number of pyridine rings is 1. The highest BCUT2D eigenvalue weighted by Gasteiger charge is 2.18. The van der Waals surface area contributed by atoms with E-state index in [1.54, 1.807) is 18.3 Å².